The van der Waals surface area contributed by atoms with Gasteiger partial charge in [-0.1, -0.05) is 111 Å². The Morgan fingerprint density at radius 1 is 0.757 bits per heavy atom. The van der Waals surface area contributed by atoms with Gasteiger partial charge < -0.3 is 10.1 Å². The van der Waals surface area contributed by atoms with Crippen molar-refractivity contribution in [1.29, 1.82) is 0 Å². The third-order valence-electron chi connectivity index (χ3n) is 6.37. The maximum absolute atomic E-state index is 12.6. The molecule has 0 bridgehead atoms. The standard InChI is InChI=1S/C16H34.C7H2F4O2.C6H11NO/c1-3-5-7-9-11-13-15-16-14-12-10-8-6-4-2;8-3-1-4(9)6(11)7(5(3)10)13-2-12;1-5-2-6(3-5)7-4-8/h3-16H2,1-2H3;1-2H;4-6H,2-3H2,1H3,(H,7,8). The predicted molar refractivity (Wildman–Crippen MR) is 140 cm³/mol. The number of ether oxygens (including phenoxy) is 1. The fraction of sp³-hybridized carbons (Fsp3) is 0.724. The summed E-state index contributed by atoms with van der Waals surface area (Å²) >= 11 is 0. The average Bonchev–Trinajstić information content (AvgIpc) is 2.86. The Bertz CT molecular complexity index is 687. The molecule has 0 aromatic heterocycles. The molecular weight excluding hydrogens is 486 g/mol. The molecule has 1 aromatic carbocycles. The van der Waals surface area contributed by atoms with Gasteiger partial charge in [0.05, 0.1) is 0 Å². The molecule has 0 spiro atoms. The van der Waals surface area contributed by atoms with Crippen LogP contribution in [0.2, 0.25) is 0 Å². The molecule has 1 aromatic rings. The van der Waals surface area contributed by atoms with Crippen molar-refractivity contribution in [3.05, 3.63) is 29.3 Å². The third-order valence-corrected chi connectivity index (χ3v) is 6.37. The number of hydrogen-bond acceptors (Lipinski definition) is 3. The summed E-state index contributed by atoms with van der Waals surface area (Å²) in [5.41, 5.74) is 0. The third kappa shape index (κ3) is 17.1. The summed E-state index contributed by atoms with van der Waals surface area (Å²) in [5, 5.41) is 2.73. The number of carbonyl (C=O) groups is 2. The molecule has 1 saturated carbocycles. The van der Waals surface area contributed by atoms with E-state index in [9.17, 15) is 27.2 Å². The Labute approximate surface area is 220 Å². The molecule has 1 fully saturated rings. The second-order valence-corrected chi connectivity index (χ2v) is 9.81. The highest BCUT2D eigenvalue weighted by Crippen LogP contribution is 2.26. The second-order valence-electron chi connectivity index (χ2n) is 9.81. The van der Waals surface area contributed by atoms with Crippen LogP contribution < -0.4 is 10.1 Å². The summed E-state index contributed by atoms with van der Waals surface area (Å²) in [5.74, 6) is -7.30. The van der Waals surface area contributed by atoms with Gasteiger partial charge in [-0.25, -0.2) is 8.78 Å². The van der Waals surface area contributed by atoms with E-state index in [1.54, 1.807) is 0 Å². The number of amides is 1. The van der Waals surface area contributed by atoms with Gasteiger partial charge >= 0.3 is 0 Å². The van der Waals surface area contributed by atoms with E-state index in [0.29, 0.717) is 6.04 Å². The van der Waals surface area contributed by atoms with E-state index in [1.165, 1.54) is 103 Å². The van der Waals surface area contributed by atoms with Crippen LogP contribution in [0.3, 0.4) is 0 Å². The van der Waals surface area contributed by atoms with Crippen LogP contribution >= 0.6 is 0 Å². The minimum Gasteiger partial charge on any atom is -0.422 e. The minimum atomic E-state index is -1.74. The van der Waals surface area contributed by atoms with Crippen molar-refractivity contribution in [2.45, 2.75) is 130 Å². The summed E-state index contributed by atoms with van der Waals surface area (Å²) in [7, 11) is 0. The van der Waals surface area contributed by atoms with Gasteiger partial charge in [0.25, 0.3) is 6.47 Å². The van der Waals surface area contributed by atoms with Crippen molar-refractivity contribution < 1.29 is 31.9 Å². The number of carbonyl (C=O) groups excluding carboxylic acids is 2. The molecule has 214 valence electrons. The molecule has 0 unspecified atom stereocenters. The van der Waals surface area contributed by atoms with Crippen LogP contribution in [0.15, 0.2) is 6.07 Å². The number of halogens is 4. The first kappa shape index (κ1) is 34.9. The van der Waals surface area contributed by atoms with E-state index < -0.39 is 29.0 Å². The van der Waals surface area contributed by atoms with Crippen molar-refractivity contribution >= 4 is 12.9 Å². The largest absolute Gasteiger partial charge is 0.422 e. The monoisotopic (exact) mass is 533 g/mol. The zero-order valence-electron chi connectivity index (χ0n) is 22.9. The molecular formula is C29H47F4NO3. The van der Waals surface area contributed by atoms with Gasteiger partial charge in [0, 0.05) is 12.1 Å². The van der Waals surface area contributed by atoms with E-state index in [1.807, 2.05) is 0 Å². The van der Waals surface area contributed by atoms with Crippen LogP contribution in [-0.4, -0.2) is 18.9 Å². The number of benzene rings is 1. The Morgan fingerprint density at radius 2 is 1.14 bits per heavy atom. The molecule has 2 rings (SSSR count). The summed E-state index contributed by atoms with van der Waals surface area (Å²) < 4.78 is 53.6. The highest BCUT2D eigenvalue weighted by atomic mass is 19.2. The molecule has 0 radical (unpaired) electrons. The maximum atomic E-state index is 12.6. The lowest BCUT2D eigenvalue weighted by molar-refractivity contribution is -0.121. The van der Waals surface area contributed by atoms with Crippen LogP contribution in [0.25, 0.3) is 0 Å². The maximum Gasteiger partial charge on any atom is 0.298 e. The molecule has 1 aliphatic rings. The number of hydrogen-bond donors (Lipinski definition) is 1. The molecule has 0 heterocycles. The van der Waals surface area contributed by atoms with E-state index in [2.05, 4.69) is 30.8 Å². The first-order valence-corrected chi connectivity index (χ1v) is 13.9. The van der Waals surface area contributed by atoms with Gasteiger partial charge in [-0.15, -0.1) is 0 Å². The van der Waals surface area contributed by atoms with Crippen molar-refractivity contribution in [2.75, 3.05) is 0 Å². The van der Waals surface area contributed by atoms with Gasteiger partial charge in [0.15, 0.2) is 11.6 Å². The van der Waals surface area contributed by atoms with Crippen molar-refractivity contribution in [3.63, 3.8) is 0 Å². The highest BCUT2D eigenvalue weighted by molar-refractivity contribution is 5.47. The summed E-state index contributed by atoms with van der Waals surface area (Å²) in [4.78, 5) is 19.5. The molecule has 1 N–H and O–H groups in total. The van der Waals surface area contributed by atoms with E-state index in [0.717, 1.165) is 12.3 Å². The lowest BCUT2D eigenvalue weighted by atomic mass is 9.82. The average molecular weight is 534 g/mol. The fourth-order valence-corrected chi connectivity index (χ4v) is 4.11. The van der Waals surface area contributed by atoms with E-state index in [-0.39, 0.29) is 12.5 Å². The quantitative estimate of drug-likeness (QED) is 0.0942. The molecule has 0 aliphatic heterocycles. The topological polar surface area (TPSA) is 55.4 Å². The van der Waals surface area contributed by atoms with Crippen molar-refractivity contribution in [3.8, 4) is 5.75 Å². The van der Waals surface area contributed by atoms with Crippen LogP contribution in [0, 0.1) is 29.2 Å². The van der Waals surface area contributed by atoms with Gasteiger partial charge in [0.1, 0.15) is 0 Å². The molecule has 0 atom stereocenters. The van der Waals surface area contributed by atoms with Crippen molar-refractivity contribution in [2.24, 2.45) is 5.92 Å². The lowest BCUT2D eigenvalue weighted by Gasteiger charge is -2.31. The Morgan fingerprint density at radius 3 is 1.43 bits per heavy atom. The second kappa shape index (κ2) is 23.0. The molecule has 8 heteroatoms. The van der Waals surface area contributed by atoms with Gasteiger partial charge in [-0.05, 0) is 18.8 Å². The zero-order valence-corrected chi connectivity index (χ0v) is 22.9. The minimum absolute atomic E-state index is 0.0162. The first-order chi connectivity index (χ1) is 17.8. The first-order valence-electron chi connectivity index (χ1n) is 13.9. The SMILES string of the molecule is CC1CC(NC=O)C1.CCCCCCCCCCCCCCCC.O=COc1c(F)c(F)cc(F)c1F. The van der Waals surface area contributed by atoms with E-state index in [4.69, 9.17) is 0 Å². The molecule has 37 heavy (non-hydrogen) atoms. The van der Waals surface area contributed by atoms with Crippen LogP contribution in [0.1, 0.15) is 124 Å². The van der Waals surface area contributed by atoms with Gasteiger partial charge in [-0.3, -0.25) is 9.59 Å². The number of rotatable bonds is 17. The predicted octanol–water partition coefficient (Wildman–Crippen LogP) is 8.80. The van der Waals surface area contributed by atoms with E-state index >= 15 is 0 Å². The normalized spacial score (nSPS) is 15.9. The molecule has 1 amide bonds. The highest BCUT2D eigenvalue weighted by Gasteiger charge is 2.24. The summed E-state index contributed by atoms with van der Waals surface area (Å²) in [6.45, 7) is 6.44. The molecule has 4 nitrogen and oxygen atoms in total. The summed E-state index contributed by atoms with van der Waals surface area (Å²) in [6.07, 6.45) is 23.5. The van der Waals surface area contributed by atoms with Crippen LogP contribution in [0.5, 0.6) is 5.75 Å². The summed E-state index contributed by atoms with van der Waals surface area (Å²) in [6, 6.07) is 0.505. The van der Waals surface area contributed by atoms with Crippen LogP contribution in [-0.2, 0) is 9.59 Å². The molecule has 1 aliphatic carbocycles. The number of unbranched alkanes of at least 4 members (excludes halogenated alkanes) is 13. The number of nitrogens with one attached hydrogen (secondary N) is 1. The van der Waals surface area contributed by atoms with Gasteiger partial charge in [0.2, 0.25) is 23.8 Å². The van der Waals surface area contributed by atoms with Crippen molar-refractivity contribution in [1.82, 2.24) is 5.32 Å². The molecule has 0 saturated heterocycles. The Balaban J connectivity index is 0.000000551. The Hall–Kier alpha value is -2.12. The smallest absolute Gasteiger partial charge is 0.298 e. The zero-order chi connectivity index (χ0) is 27.9. The Kier molecular flexibility index (Phi) is 21.7. The van der Waals surface area contributed by atoms with Gasteiger partial charge in [-0.2, -0.15) is 8.78 Å². The lowest BCUT2D eigenvalue weighted by Crippen LogP contribution is -2.39. The van der Waals surface area contributed by atoms with Crippen LogP contribution in [0.4, 0.5) is 17.6 Å². The fourth-order valence-electron chi connectivity index (χ4n) is 4.11.